The maximum absolute atomic E-state index is 12.5. The normalized spacial score (nSPS) is 11.4. The minimum Gasteiger partial charge on any atom is -0.391 e. The van der Waals surface area contributed by atoms with Crippen LogP contribution in [0.2, 0.25) is 0 Å². The highest BCUT2D eigenvalue weighted by Crippen LogP contribution is 2.19. The first-order chi connectivity index (χ1) is 15.1. The third-order valence-corrected chi connectivity index (χ3v) is 5.66. The Bertz CT molecular complexity index is 926. The van der Waals surface area contributed by atoms with E-state index in [0.29, 0.717) is 22.7 Å². The number of thiophene rings is 1. The highest BCUT2D eigenvalue weighted by Gasteiger charge is 2.14. The zero-order valence-electron chi connectivity index (χ0n) is 18.2. The van der Waals surface area contributed by atoms with Gasteiger partial charge in [0, 0.05) is 31.4 Å². The lowest BCUT2D eigenvalue weighted by molar-refractivity contribution is 0.0957. The molecular formula is C25H31N3O2S. The van der Waals surface area contributed by atoms with E-state index in [1.807, 2.05) is 49.5 Å². The van der Waals surface area contributed by atoms with Crippen LogP contribution in [0.25, 0.3) is 0 Å². The zero-order chi connectivity index (χ0) is 22.5. The summed E-state index contributed by atoms with van der Waals surface area (Å²) in [5, 5.41) is 8.92. The Kier molecular flexibility index (Phi) is 10.3. The molecule has 1 aromatic carbocycles. The lowest BCUT2D eigenvalue weighted by Gasteiger charge is -2.07. The Labute approximate surface area is 189 Å². The SMILES string of the molecule is C=CCCc1ccc(NC(=O)c2ccc(C(=O)NCC/C(=C/C=C\CC)NC)s2)cc1. The molecule has 0 bridgehead atoms. The fourth-order valence-electron chi connectivity index (χ4n) is 2.81. The molecule has 2 amide bonds. The molecule has 2 aromatic rings. The second-order valence-electron chi connectivity index (χ2n) is 6.93. The highest BCUT2D eigenvalue weighted by atomic mass is 32.1. The lowest BCUT2D eigenvalue weighted by Crippen LogP contribution is -2.25. The average molecular weight is 438 g/mol. The van der Waals surface area contributed by atoms with Gasteiger partial charge in [0.25, 0.3) is 11.8 Å². The molecule has 31 heavy (non-hydrogen) atoms. The van der Waals surface area contributed by atoms with Crippen LogP contribution in [0.4, 0.5) is 5.69 Å². The van der Waals surface area contributed by atoms with Gasteiger partial charge < -0.3 is 16.0 Å². The number of hydrogen-bond donors (Lipinski definition) is 3. The van der Waals surface area contributed by atoms with E-state index in [1.165, 1.54) is 16.9 Å². The van der Waals surface area contributed by atoms with Gasteiger partial charge in [0.2, 0.25) is 0 Å². The van der Waals surface area contributed by atoms with Gasteiger partial charge in [-0.25, -0.2) is 0 Å². The predicted octanol–water partition coefficient (Wildman–Crippen LogP) is 5.31. The monoisotopic (exact) mass is 437 g/mol. The van der Waals surface area contributed by atoms with E-state index in [4.69, 9.17) is 0 Å². The van der Waals surface area contributed by atoms with Crippen LogP contribution in [0, 0.1) is 0 Å². The van der Waals surface area contributed by atoms with Gasteiger partial charge in [0.1, 0.15) is 0 Å². The second-order valence-corrected chi connectivity index (χ2v) is 8.01. The maximum Gasteiger partial charge on any atom is 0.265 e. The Morgan fingerprint density at radius 2 is 1.77 bits per heavy atom. The predicted molar refractivity (Wildman–Crippen MR) is 131 cm³/mol. The van der Waals surface area contributed by atoms with E-state index in [1.54, 1.807) is 12.1 Å². The Hall–Kier alpha value is -3.12. The van der Waals surface area contributed by atoms with Gasteiger partial charge in [-0.15, -0.1) is 17.9 Å². The van der Waals surface area contributed by atoms with Gasteiger partial charge in [0.05, 0.1) is 9.75 Å². The van der Waals surface area contributed by atoms with Gasteiger partial charge in [-0.1, -0.05) is 37.3 Å². The van der Waals surface area contributed by atoms with Crippen molar-refractivity contribution < 1.29 is 9.59 Å². The summed E-state index contributed by atoms with van der Waals surface area (Å²) in [5.41, 5.74) is 2.98. The van der Waals surface area contributed by atoms with Crippen molar-refractivity contribution in [2.75, 3.05) is 18.9 Å². The van der Waals surface area contributed by atoms with Gasteiger partial charge in [-0.2, -0.15) is 0 Å². The number of amides is 2. The van der Waals surface area contributed by atoms with Crippen LogP contribution in [0.3, 0.4) is 0 Å². The summed E-state index contributed by atoms with van der Waals surface area (Å²) in [6.45, 7) is 6.33. The molecule has 0 fully saturated rings. The molecule has 0 spiro atoms. The first-order valence-corrected chi connectivity index (χ1v) is 11.3. The van der Waals surface area contributed by atoms with Crippen molar-refractivity contribution in [3.8, 4) is 0 Å². The highest BCUT2D eigenvalue weighted by molar-refractivity contribution is 7.16. The summed E-state index contributed by atoms with van der Waals surface area (Å²) in [6.07, 6.45) is 11.5. The molecule has 1 aromatic heterocycles. The van der Waals surface area contributed by atoms with Gasteiger partial charge in [-0.05, 0) is 55.2 Å². The number of rotatable bonds is 12. The molecular weight excluding hydrogens is 406 g/mol. The summed E-state index contributed by atoms with van der Waals surface area (Å²) in [6, 6.07) is 11.1. The number of hydrogen-bond acceptors (Lipinski definition) is 4. The summed E-state index contributed by atoms with van der Waals surface area (Å²) in [4.78, 5) is 25.9. The quantitative estimate of drug-likeness (QED) is 0.311. The van der Waals surface area contributed by atoms with E-state index < -0.39 is 0 Å². The first kappa shape index (κ1) is 24.2. The largest absolute Gasteiger partial charge is 0.391 e. The topological polar surface area (TPSA) is 70.2 Å². The molecule has 2 rings (SSSR count). The number of carbonyl (C=O) groups excluding carboxylic acids is 2. The maximum atomic E-state index is 12.5. The van der Waals surface area contributed by atoms with Crippen molar-refractivity contribution in [2.45, 2.75) is 32.6 Å². The van der Waals surface area contributed by atoms with Crippen molar-refractivity contribution in [3.63, 3.8) is 0 Å². The molecule has 0 saturated heterocycles. The second kappa shape index (κ2) is 13.2. The van der Waals surface area contributed by atoms with Crippen LogP contribution >= 0.6 is 11.3 Å². The van der Waals surface area contributed by atoms with Crippen LogP contribution in [0.5, 0.6) is 0 Å². The minimum atomic E-state index is -0.217. The van der Waals surface area contributed by atoms with Crippen LogP contribution in [-0.4, -0.2) is 25.4 Å². The number of nitrogens with one attached hydrogen (secondary N) is 3. The third kappa shape index (κ3) is 8.26. The summed E-state index contributed by atoms with van der Waals surface area (Å²) in [7, 11) is 1.87. The van der Waals surface area contributed by atoms with Crippen LogP contribution < -0.4 is 16.0 Å². The molecule has 0 radical (unpaired) electrons. The molecule has 0 aliphatic rings. The lowest BCUT2D eigenvalue weighted by atomic mass is 10.1. The van der Waals surface area contributed by atoms with E-state index >= 15 is 0 Å². The number of carbonyl (C=O) groups is 2. The van der Waals surface area contributed by atoms with Crippen molar-refractivity contribution >= 4 is 28.8 Å². The fourth-order valence-corrected chi connectivity index (χ4v) is 3.63. The fraction of sp³-hybridized carbons (Fsp3) is 0.280. The van der Waals surface area contributed by atoms with Crippen molar-refractivity contribution in [1.29, 1.82) is 0 Å². The van der Waals surface area contributed by atoms with E-state index in [-0.39, 0.29) is 11.8 Å². The van der Waals surface area contributed by atoms with Gasteiger partial charge >= 0.3 is 0 Å². The molecule has 0 atom stereocenters. The number of benzene rings is 1. The first-order valence-electron chi connectivity index (χ1n) is 10.5. The molecule has 3 N–H and O–H groups in total. The molecule has 5 nitrogen and oxygen atoms in total. The minimum absolute atomic E-state index is 0.171. The van der Waals surface area contributed by atoms with E-state index in [9.17, 15) is 9.59 Å². The van der Waals surface area contributed by atoms with Crippen LogP contribution in [-0.2, 0) is 6.42 Å². The summed E-state index contributed by atoms with van der Waals surface area (Å²) < 4.78 is 0. The summed E-state index contributed by atoms with van der Waals surface area (Å²) >= 11 is 1.19. The molecule has 0 unspecified atom stereocenters. The standard InChI is InChI=1S/C25H31N3O2S/c1-4-6-8-10-20(26-3)17-18-27-24(29)22-15-16-23(31-22)25(30)28-21-13-11-19(12-14-21)9-7-5-2/h5-6,8,10-16,26H,2,4,7,9,17-18H2,1,3H3,(H,27,29)(H,28,30)/b8-6-,20-10-. The van der Waals surface area contributed by atoms with E-state index in [2.05, 4.69) is 35.5 Å². The molecule has 6 heteroatoms. The molecule has 164 valence electrons. The van der Waals surface area contributed by atoms with Crippen LogP contribution in [0.1, 0.15) is 51.1 Å². The van der Waals surface area contributed by atoms with Crippen molar-refractivity contribution in [2.24, 2.45) is 0 Å². The average Bonchev–Trinajstić information content (AvgIpc) is 3.28. The van der Waals surface area contributed by atoms with E-state index in [0.717, 1.165) is 30.6 Å². The molecule has 0 saturated carbocycles. The van der Waals surface area contributed by atoms with Crippen LogP contribution in [0.15, 0.2) is 73.0 Å². The van der Waals surface area contributed by atoms with Gasteiger partial charge in [-0.3, -0.25) is 9.59 Å². The zero-order valence-corrected chi connectivity index (χ0v) is 19.1. The molecule has 1 heterocycles. The van der Waals surface area contributed by atoms with Crippen molar-refractivity contribution in [3.05, 3.63) is 88.3 Å². The Morgan fingerprint density at radius 3 is 2.42 bits per heavy atom. The molecule has 0 aliphatic carbocycles. The Morgan fingerprint density at radius 1 is 1.06 bits per heavy atom. The smallest absolute Gasteiger partial charge is 0.265 e. The Balaban J connectivity index is 1.86. The third-order valence-electron chi connectivity index (χ3n) is 4.57. The number of aryl methyl sites for hydroxylation is 1. The van der Waals surface area contributed by atoms with Crippen molar-refractivity contribution in [1.82, 2.24) is 10.6 Å². The van der Waals surface area contributed by atoms with Gasteiger partial charge in [0.15, 0.2) is 0 Å². The number of allylic oxidation sites excluding steroid dienone is 4. The number of anilines is 1. The molecule has 0 aliphatic heterocycles. The summed E-state index contributed by atoms with van der Waals surface area (Å²) in [5.74, 6) is -0.388.